The van der Waals surface area contributed by atoms with Gasteiger partial charge in [-0.3, -0.25) is 19.4 Å². The minimum atomic E-state index is -0.733. The molecule has 1 aromatic heterocycles. The van der Waals surface area contributed by atoms with E-state index in [9.17, 15) is 14.4 Å². The molecule has 28 heavy (non-hydrogen) atoms. The van der Waals surface area contributed by atoms with Crippen LogP contribution in [0, 0.1) is 26.7 Å². The number of hydrogen-bond acceptors (Lipinski definition) is 4. The first-order valence-electron chi connectivity index (χ1n) is 9.53. The first-order chi connectivity index (χ1) is 13.3. The van der Waals surface area contributed by atoms with E-state index >= 15 is 0 Å². The van der Waals surface area contributed by atoms with Crippen LogP contribution in [0.1, 0.15) is 53.1 Å². The molecule has 1 aliphatic rings. The molecule has 1 aromatic carbocycles. The molecule has 1 heterocycles. The molecule has 146 valence electrons. The van der Waals surface area contributed by atoms with Gasteiger partial charge in [-0.1, -0.05) is 29.3 Å². The second-order valence-corrected chi connectivity index (χ2v) is 8.10. The van der Waals surface area contributed by atoms with E-state index in [1.54, 1.807) is 18.3 Å². The molecule has 0 spiro atoms. The Morgan fingerprint density at radius 3 is 2.50 bits per heavy atom. The Labute approximate surface area is 170 Å². The van der Waals surface area contributed by atoms with Crippen LogP contribution in [0.3, 0.4) is 0 Å². The van der Waals surface area contributed by atoms with E-state index in [-0.39, 0.29) is 36.6 Å². The number of nitrogens with zero attached hydrogens (tertiary/aromatic N) is 1. The third-order valence-corrected chi connectivity index (χ3v) is 5.78. The van der Waals surface area contributed by atoms with Crippen molar-refractivity contribution in [1.82, 2.24) is 4.98 Å². The number of Topliss-reactive ketones (excluding diaryl/α,β-unsaturated/α-hetero) is 3. The quantitative estimate of drug-likeness (QED) is 0.673. The highest BCUT2D eigenvalue weighted by Crippen LogP contribution is 2.37. The highest BCUT2D eigenvalue weighted by atomic mass is 35.5. The van der Waals surface area contributed by atoms with Gasteiger partial charge in [0.25, 0.3) is 0 Å². The topological polar surface area (TPSA) is 64.1 Å². The van der Waals surface area contributed by atoms with Crippen LogP contribution in [0.5, 0.6) is 0 Å². The van der Waals surface area contributed by atoms with Crippen molar-refractivity contribution in [2.75, 3.05) is 0 Å². The summed E-state index contributed by atoms with van der Waals surface area (Å²) in [6.07, 6.45) is 2.60. The lowest BCUT2D eigenvalue weighted by Gasteiger charge is -2.16. The molecule has 0 amide bonds. The van der Waals surface area contributed by atoms with Gasteiger partial charge >= 0.3 is 0 Å². The number of carbonyl (C=O) groups excluding carboxylic acids is 3. The molecule has 3 rings (SSSR count). The molecule has 0 bridgehead atoms. The minimum absolute atomic E-state index is 0.0362. The SMILES string of the molecule is Cc1cc(C)c(C2C(=O)CC(CC(=O)CCc3ncccc3Cl)C2=O)c(C)c1. The summed E-state index contributed by atoms with van der Waals surface area (Å²) in [4.78, 5) is 42.2. The van der Waals surface area contributed by atoms with Crippen LogP contribution < -0.4 is 0 Å². The maximum absolute atomic E-state index is 13.0. The van der Waals surface area contributed by atoms with Gasteiger partial charge in [0.05, 0.1) is 10.7 Å². The molecule has 0 aliphatic heterocycles. The number of ketones is 3. The van der Waals surface area contributed by atoms with E-state index < -0.39 is 11.8 Å². The molecule has 0 N–H and O–H groups in total. The predicted octanol–water partition coefficient (Wildman–Crippen LogP) is 4.49. The number of carbonyl (C=O) groups is 3. The second-order valence-electron chi connectivity index (χ2n) is 7.69. The van der Waals surface area contributed by atoms with Gasteiger partial charge in [0.15, 0.2) is 5.78 Å². The smallest absolute Gasteiger partial charge is 0.151 e. The highest BCUT2D eigenvalue weighted by molar-refractivity contribution is 6.31. The average Bonchev–Trinajstić information content (AvgIpc) is 2.88. The predicted molar refractivity (Wildman–Crippen MR) is 109 cm³/mol. The van der Waals surface area contributed by atoms with Crippen LogP contribution >= 0.6 is 11.6 Å². The van der Waals surface area contributed by atoms with Gasteiger partial charge in [-0.05, 0) is 56.0 Å². The van der Waals surface area contributed by atoms with Crippen LogP contribution in [-0.4, -0.2) is 22.3 Å². The fraction of sp³-hybridized carbons (Fsp3) is 0.391. The summed E-state index contributed by atoms with van der Waals surface area (Å²) in [5.74, 6) is -1.49. The molecule has 2 atom stereocenters. The molecule has 0 saturated heterocycles. The normalized spacial score (nSPS) is 19.3. The van der Waals surface area contributed by atoms with Gasteiger partial charge in [0.2, 0.25) is 0 Å². The molecule has 0 radical (unpaired) electrons. The molecule has 1 saturated carbocycles. The summed E-state index contributed by atoms with van der Waals surface area (Å²) in [6, 6.07) is 7.48. The third kappa shape index (κ3) is 4.22. The number of rotatable bonds is 6. The van der Waals surface area contributed by atoms with Crippen molar-refractivity contribution < 1.29 is 14.4 Å². The van der Waals surface area contributed by atoms with Crippen molar-refractivity contribution in [3.05, 3.63) is 63.4 Å². The van der Waals surface area contributed by atoms with E-state index in [1.165, 1.54) is 0 Å². The van der Waals surface area contributed by atoms with Crippen molar-refractivity contribution in [1.29, 1.82) is 0 Å². The van der Waals surface area contributed by atoms with E-state index in [4.69, 9.17) is 11.6 Å². The molecular weight excluding hydrogens is 374 g/mol. The average molecular weight is 398 g/mol. The van der Waals surface area contributed by atoms with Gasteiger partial charge in [0, 0.05) is 31.4 Å². The number of halogens is 1. The summed E-state index contributed by atoms with van der Waals surface area (Å²) in [5, 5.41) is 0.535. The minimum Gasteiger partial charge on any atom is -0.300 e. The number of pyridine rings is 1. The van der Waals surface area contributed by atoms with Crippen LogP contribution in [-0.2, 0) is 20.8 Å². The number of benzene rings is 1. The fourth-order valence-corrected chi connectivity index (χ4v) is 4.43. The van der Waals surface area contributed by atoms with Crippen molar-refractivity contribution >= 4 is 29.0 Å². The first-order valence-corrected chi connectivity index (χ1v) is 9.91. The summed E-state index contributed by atoms with van der Waals surface area (Å²) in [6.45, 7) is 5.87. The Morgan fingerprint density at radius 2 is 1.86 bits per heavy atom. The zero-order valence-electron chi connectivity index (χ0n) is 16.4. The van der Waals surface area contributed by atoms with E-state index in [1.807, 2.05) is 32.9 Å². The largest absolute Gasteiger partial charge is 0.300 e. The van der Waals surface area contributed by atoms with Crippen LogP contribution in [0.4, 0.5) is 0 Å². The lowest BCUT2D eigenvalue weighted by Crippen LogP contribution is -2.19. The first kappa shape index (κ1) is 20.4. The maximum atomic E-state index is 13.0. The number of aromatic nitrogens is 1. The van der Waals surface area contributed by atoms with Crippen molar-refractivity contribution in [3.8, 4) is 0 Å². The number of aryl methyl sites for hydroxylation is 4. The monoisotopic (exact) mass is 397 g/mol. The van der Waals surface area contributed by atoms with Crippen LogP contribution in [0.25, 0.3) is 0 Å². The maximum Gasteiger partial charge on any atom is 0.151 e. The highest BCUT2D eigenvalue weighted by Gasteiger charge is 2.43. The summed E-state index contributed by atoms with van der Waals surface area (Å²) < 4.78 is 0. The lowest BCUT2D eigenvalue weighted by molar-refractivity contribution is -0.127. The Kier molecular flexibility index (Phi) is 6.09. The zero-order chi connectivity index (χ0) is 20.4. The van der Waals surface area contributed by atoms with Crippen molar-refractivity contribution in [2.45, 2.75) is 52.4 Å². The van der Waals surface area contributed by atoms with E-state index in [0.717, 1.165) is 22.3 Å². The standard InChI is InChI=1S/C23H24ClNO3/c1-13-9-14(2)21(15(3)10-13)22-20(27)12-16(23(22)28)11-17(26)6-7-19-18(24)5-4-8-25-19/h4-5,8-10,16,22H,6-7,11-12H2,1-3H3. The fourth-order valence-electron chi connectivity index (χ4n) is 4.22. The Morgan fingerprint density at radius 1 is 1.18 bits per heavy atom. The Balaban J connectivity index is 1.69. The van der Waals surface area contributed by atoms with E-state index in [2.05, 4.69) is 4.98 Å². The lowest BCUT2D eigenvalue weighted by atomic mass is 9.86. The summed E-state index contributed by atoms with van der Waals surface area (Å²) in [5.41, 5.74) is 4.52. The van der Waals surface area contributed by atoms with Gasteiger partial charge in [0.1, 0.15) is 17.5 Å². The zero-order valence-corrected chi connectivity index (χ0v) is 17.2. The summed E-state index contributed by atoms with van der Waals surface area (Å²) >= 11 is 6.08. The van der Waals surface area contributed by atoms with Gasteiger partial charge in [-0.25, -0.2) is 0 Å². The second kappa shape index (κ2) is 8.36. The molecular formula is C23H24ClNO3. The van der Waals surface area contributed by atoms with Crippen LogP contribution in [0.15, 0.2) is 30.5 Å². The number of hydrogen-bond donors (Lipinski definition) is 0. The van der Waals surface area contributed by atoms with Crippen molar-refractivity contribution in [3.63, 3.8) is 0 Å². The van der Waals surface area contributed by atoms with Crippen LogP contribution in [0.2, 0.25) is 5.02 Å². The van der Waals surface area contributed by atoms with Gasteiger partial charge in [-0.15, -0.1) is 0 Å². The Bertz CT molecular complexity index is 928. The molecule has 1 aliphatic carbocycles. The van der Waals surface area contributed by atoms with Gasteiger partial charge < -0.3 is 0 Å². The molecule has 4 nitrogen and oxygen atoms in total. The van der Waals surface area contributed by atoms with Gasteiger partial charge in [-0.2, -0.15) is 0 Å². The summed E-state index contributed by atoms with van der Waals surface area (Å²) in [7, 11) is 0. The van der Waals surface area contributed by atoms with E-state index in [0.29, 0.717) is 17.1 Å². The molecule has 2 aromatic rings. The third-order valence-electron chi connectivity index (χ3n) is 5.43. The molecule has 2 unspecified atom stereocenters. The molecule has 1 fully saturated rings. The molecule has 5 heteroatoms. The van der Waals surface area contributed by atoms with Crippen molar-refractivity contribution in [2.24, 2.45) is 5.92 Å². The Hall–Kier alpha value is -2.33.